The Bertz CT molecular complexity index is 808. The molecule has 0 atom stereocenters. The molecule has 0 unspecified atom stereocenters. The Morgan fingerprint density at radius 1 is 1.13 bits per heavy atom. The highest BCUT2D eigenvalue weighted by Gasteiger charge is 2.07. The summed E-state index contributed by atoms with van der Waals surface area (Å²) in [5.41, 5.74) is 3.33. The Balaban J connectivity index is 1.65. The van der Waals surface area contributed by atoms with E-state index in [2.05, 4.69) is 10.5 Å². The Kier molecular flexibility index (Phi) is 4.44. The van der Waals surface area contributed by atoms with E-state index in [0.29, 0.717) is 17.1 Å². The lowest BCUT2D eigenvalue weighted by Gasteiger charge is -2.04. The van der Waals surface area contributed by atoms with Gasteiger partial charge in [0, 0.05) is 27.9 Å². The van der Waals surface area contributed by atoms with Crippen LogP contribution in [0.15, 0.2) is 59.1 Å². The average molecular weight is 327 g/mol. The van der Waals surface area contributed by atoms with Gasteiger partial charge in [-0.1, -0.05) is 28.9 Å². The largest absolute Gasteiger partial charge is 0.378 e. The summed E-state index contributed by atoms with van der Waals surface area (Å²) in [7, 11) is 0. The van der Waals surface area contributed by atoms with Gasteiger partial charge in [-0.05, 0) is 43.3 Å². The monoisotopic (exact) mass is 326 g/mol. The zero-order chi connectivity index (χ0) is 16.2. The fourth-order valence-electron chi connectivity index (χ4n) is 2.16. The van der Waals surface area contributed by atoms with Crippen molar-refractivity contribution in [2.75, 3.05) is 5.32 Å². The van der Waals surface area contributed by atoms with Gasteiger partial charge in [0.15, 0.2) is 11.5 Å². The minimum absolute atomic E-state index is 0.0550. The summed E-state index contributed by atoms with van der Waals surface area (Å²) in [5, 5.41) is 7.99. The molecule has 2 aromatic carbocycles. The molecule has 0 spiro atoms. The second kappa shape index (κ2) is 6.67. The van der Waals surface area contributed by atoms with E-state index in [-0.39, 0.29) is 5.78 Å². The third kappa shape index (κ3) is 3.79. The van der Waals surface area contributed by atoms with E-state index in [1.54, 1.807) is 19.1 Å². The molecule has 0 saturated carbocycles. The van der Waals surface area contributed by atoms with Crippen LogP contribution in [0.3, 0.4) is 0 Å². The van der Waals surface area contributed by atoms with Gasteiger partial charge in [-0.25, -0.2) is 0 Å². The molecule has 0 aliphatic rings. The Labute approximate surface area is 139 Å². The van der Waals surface area contributed by atoms with Crippen molar-refractivity contribution < 1.29 is 9.32 Å². The van der Waals surface area contributed by atoms with Crippen LogP contribution in [0.2, 0.25) is 5.02 Å². The van der Waals surface area contributed by atoms with Gasteiger partial charge in [0.05, 0.1) is 6.54 Å². The SMILES string of the molecule is CC(=O)c1ccc(NCc2cc(-c3ccc(Cl)cc3)no2)cc1. The van der Waals surface area contributed by atoms with Gasteiger partial charge in [0.25, 0.3) is 0 Å². The quantitative estimate of drug-likeness (QED) is 0.684. The first-order valence-electron chi connectivity index (χ1n) is 7.18. The van der Waals surface area contributed by atoms with Crippen molar-refractivity contribution >= 4 is 23.1 Å². The van der Waals surface area contributed by atoms with Crippen LogP contribution < -0.4 is 5.32 Å². The van der Waals surface area contributed by atoms with Gasteiger partial charge in [0.2, 0.25) is 0 Å². The molecule has 0 aliphatic heterocycles. The smallest absolute Gasteiger partial charge is 0.159 e. The summed E-state index contributed by atoms with van der Waals surface area (Å²) < 4.78 is 5.33. The van der Waals surface area contributed by atoms with Crippen molar-refractivity contribution in [1.82, 2.24) is 5.16 Å². The van der Waals surface area contributed by atoms with Crippen LogP contribution >= 0.6 is 11.6 Å². The number of carbonyl (C=O) groups is 1. The number of anilines is 1. The molecule has 5 heteroatoms. The van der Waals surface area contributed by atoms with Crippen molar-refractivity contribution in [2.45, 2.75) is 13.5 Å². The number of halogens is 1. The average Bonchev–Trinajstić information content (AvgIpc) is 3.03. The summed E-state index contributed by atoms with van der Waals surface area (Å²) in [6, 6.07) is 16.7. The molecule has 23 heavy (non-hydrogen) atoms. The number of rotatable bonds is 5. The Morgan fingerprint density at radius 3 is 2.48 bits per heavy atom. The molecule has 3 rings (SSSR count). The van der Waals surface area contributed by atoms with Crippen molar-refractivity contribution in [3.63, 3.8) is 0 Å². The first-order chi connectivity index (χ1) is 11.1. The zero-order valence-electron chi connectivity index (χ0n) is 12.5. The van der Waals surface area contributed by atoms with Gasteiger partial charge < -0.3 is 9.84 Å². The van der Waals surface area contributed by atoms with E-state index < -0.39 is 0 Å². The molecular weight excluding hydrogens is 312 g/mol. The molecule has 0 fully saturated rings. The number of nitrogens with zero attached hydrogens (tertiary/aromatic N) is 1. The zero-order valence-corrected chi connectivity index (χ0v) is 13.3. The van der Waals surface area contributed by atoms with Gasteiger partial charge in [-0.2, -0.15) is 0 Å². The summed E-state index contributed by atoms with van der Waals surface area (Å²) in [6.45, 7) is 2.06. The summed E-state index contributed by atoms with van der Waals surface area (Å²) in [6.07, 6.45) is 0. The minimum atomic E-state index is 0.0550. The van der Waals surface area contributed by atoms with Gasteiger partial charge in [0.1, 0.15) is 5.69 Å². The number of nitrogens with one attached hydrogen (secondary N) is 1. The van der Waals surface area contributed by atoms with Crippen LogP contribution in [0, 0.1) is 0 Å². The highest BCUT2D eigenvalue weighted by atomic mass is 35.5. The highest BCUT2D eigenvalue weighted by molar-refractivity contribution is 6.30. The van der Waals surface area contributed by atoms with E-state index in [9.17, 15) is 4.79 Å². The maximum Gasteiger partial charge on any atom is 0.159 e. The molecule has 4 nitrogen and oxygen atoms in total. The van der Waals surface area contributed by atoms with Gasteiger partial charge in [-0.15, -0.1) is 0 Å². The summed E-state index contributed by atoms with van der Waals surface area (Å²) in [5.74, 6) is 0.782. The van der Waals surface area contributed by atoms with Crippen LogP contribution in [-0.2, 0) is 6.54 Å². The minimum Gasteiger partial charge on any atom is -0.378 e. The standard InChI is InChI=1S/C18H15ClN2O2/c1-12(22)13-4-8-16(9-5-13)20-11-17-10-18(21-23-17)14-2-6-15(19)7-3-14/h2-10,20H,11H2,1H3. The Hall–Kier alpha value is -2.59. The molecule has 0 saturated heterocycles. The van der Waals surface area contributed by atoms with Crippen molar-refractivity contribution in [1.29, 1.82) is 0 Å². The number of benzene rings is 2. The summed E-state index contributed by atoms with van der Waals surface area (Å²) in [4.78, 5) is 11.2. The third-order valence-corrected chi connectivity index (χ3v) is 3.71. The molecule has 0 radical (unpaired) electrons. The number of carbonyl (C=O) groups excluding carboxylic acids is 1. The van der Waals surface area contributed by atoms with E-state index in [1.165, 1.54) is 0 Å². The van der Waals surface area contributed by atoms with Gasteiger partial charge >= 0.3 is 0 Å². The molecule has 0 bridgehead atoms. The molecular formula is C18H15ClN2O2. The number of Topliss-reactive ketones (excluding diaryl/α,β-unsaturated/α-hetero) is 1. The van der Waals surface area contributed by atoms with Crippen LogP contribution in [-0.4, -0.2) is 10.9 Å². The second-order valence-corrected chi connectivity index (χ2v) is 5.61. The highest BCUT2D eigenvalue weighted by Crippen LogP contribution is 2.21. The van der Waals surface area contributed by atoms with Gasteiger partial charge in [-0.3, -0.25) is 4.79 Å². The first kappa shape index (κ1) is 15.3. The number of aromatic nitrogens is 1. The Morgan fingerprint density at radius 2 is 1.83 bits per heavy atom. The van der Waals surface area contributed by atoms with E-state index in [1.807, 2.05) is 42.5 Å². The third-order valence-electron chi connectivity index (χ3n) is 3.46. The maximum atomic E-state index is 11.2. The second-order valence-electron chi connectivity index (χ2n) is 5.17. The lowest BCUT2D eigenvalue weighted by atomic mass is 10.1. The first-order valence-corrected chi connectivity index (χ1v) is 7.56. The molecule has 116 valence electrons. The van der Waals surface area contributed by atoms with Crippen LogP contribution in [0.1, 0.15) is 23.0 Å². The number of hydrogen-bond donors (Lipinski definition) is 1. The molecule has 1 aromatic heterocycles. The predicted molar refractivity (Wildman–Crippen MR) is 90.7 cm³/mol. The number of hydrogen-bond acceptors (Lipinski definition) is 4. The van der Waals surface area contributed by atoms with Crippen LogP contribution in [0.4, 0.5) is 5.69 Å². The molecule has 1 heterocycles. The van der Waals surface area contributed by atoms with Crippen molar-refractivity contribution in [2.24, 2.45) is 0 Å². The van der Waals surface area contributed by atoms with E-state index >= 15 is 0 Å². The van der Waals surface area contributed by atoms with Crippen LogP contribution in [0.5, 0.6) is 0 Å². The van der Waals surface area contributed by atoms with E-state index in [0.717, 1.165) is 22.7 Å². The fourth-order valence-corrected chi connectivity index (χ4v) is 2.29. The molecule has 0 amide bonds. The number of ketones is 1. The normalized spacial score (nSPS) is 10.5. The van der Waals surface area contributed by atoms with E-state index in [4.69, 9.17) is 16.1 Å². The van der Waals surface area contributed by atoms with Crippen LogP contribution in [0.25, 0.3) is 11.3 Å². The predicted octanol–water partition coefficient (Wildman–Crippen LogP) is 4.81. The molecule has 3 aromatic rings. The lowest BCUT2D eigenvalue weighted by molar-refractivity contribution is 0.101. The topological polar surface area (TPSA) is 55.1 Å². The molecule has 0 aliphatic carbocycles. The van der Waals surface area contributed by atoms with Crippen molar-refractivity contribution in [3.8, 4) is 11.3 Å². The van der Waals surface area contributed by atoms with Crippen molar-refractivity contribution in [3.05, 3.63) is 70.9 Å². The maximum absolute atomic E-state index is 11.2. The fraction of sp³-hybridized carbons (Fsp3) is 0.111. The lowest BCUT2D eigenvalue weighted by Crippen LogP contribution is -1.99. The summed E-state index contributed by atoms with van der Waals surface area (Å²) >= 11 is 5.88. The molecule has 1 N–H and O–H groups in total.